The average molecular weight is 295 g/mol. The molecule has 1 amide bonds. The summed E-state index contributed by atoms with van der Waals surface area (Å²) in [4.78, 5) is 19.7. The van der Waals surface area contributed by atoms with Crippen LogP contribution in [-0.4, -0.2) is 17.3 Å². The van der Waals surface area contributed by atoms with Crippen molar-refractivity contribution in [1.29, 1.82) is 0 Å². The summed E-state index contributed by atoms with van der Waals surface area (Å²) >= 11 is 0. The fourth-order valence-electron chi connectivity index (χ4n) is 2.59. The predicted molar refractivity (Wildman–Crippen MR) is 84.4 cm³/mol. The summed E-state index contributed by atoms with van der Waals surface area (Å²) in [6.45, 7) is 4.16. The van der Waals surface area contributed by atoms with Gasteiger partial charge in [-0.2, -0.15) is 0 Å². The van der Waals surface area contributed by atoms with E-state index in [1.807, 2.05) is 18.2 Å². The number of carbonyl (C=O) groups is 1. The van der Waals surface area contributed by atoms with Crippen LogP contribution in [0.2, 0.25) is 0 Å². The zero-order valence-corrected chi connectivity index (χ0v) is 12.7. The fourth-order valence-corrected chi connectivity index (χ4v) is 2.59. The summed E-state index contributed by atoms with van der Waals surface area (Å²) < 4.78 is 0. The first-order valence-corrected chi connectivity index (χ1v) is 7.26. The van der Waals surface area contributed by atoms with E-state index >= 15 is 0 Å². The van der Waals surface area contributed by atoms with Crippen molar-refractivity contribution in [3.05, 3.63) is 65.5 Å². The van der Waals surface area contributed by atoms with Crippen molar-refractivity contribution in [3.8, 4) is 0 Å². The number of carbonyl (C=O) groups excluding carboxylic acids is 1. The van der Waals surface area contributed by atoms with Crippen LogP contribution in [0.15, 0.2) is 53.8 Å². The van der Waals surface area contributed by atoms with Gasteiger partial charge in [-0.15, -0.1) is 0 Å². The van der Waals surface area contributed by atoms with Crippen LogP contribution in [0, 0.1) is 0 Å². The minimum Gasteiger partial charge on any atom is -0.281 e. The van der Waals surface area contributed by atoms with Crippen molar-refractivity contribution < 1.29 is 9.78 Å². The average Bonchev–Trinajstić information content (AvgIpc) is 2.52. The molecule has 0 unspecified atom stereocenters. The van der Waals surface area contributed by atoms with Crippen LogP contribution < -0.4 is 15.8 Å². The third-order valence-corrected chi connectivity index (χ3v) is 3.57. The van der Waals surface area contributed by atoms with Crippen LogP contribution in [0.1, 0.15) is 35.3 Å². The number of nitrogens with one attached hydrogen (secondary N) is 3. The highest BCUT2D eigenvalue weighted by Crippen LogP contribution is 2.25. The van der Waals surface area contributed by atoms with Gasteiger partial charge >= 0.3 is 0 Å². The van der Waals surface area contributed by atoms with Crippen molar-refractivity contribution in [2.75, 3.05) is 0 Å². The number of aromatic amines is 1. The van der Waals surface area contributed by atoms with Gasteiger partial charge < -0.3 is 0 Å². The van der Waals surface area contributed by atoms with E-state index in [-0.39, 0.29) is 11.4 Å². The number of aromatic nitrogens is 1. The van der Waals surface area contributed by atoms with E-state index in [2.05, 4.69) is 35.7 Å². The van der Waals surface area contributed by atoms with Crippen LogP contribution in [-0.2, 0) is 6.42 Å². The second-order valence-electron chi connectivity index (χ2n) is 5.98. The highest BCUT2D eigenvalue weighted by molar-refractivity contribution is 6.03. The van der Waals surface area contributed by atoms with Crippen molar-refractivity contribution in [3.63, 3.8) is 0 Å². The lowest BCUT2D eigenvalue weighted by molar-refractivity contribution is -0.378. The molecule has 5 heteroatoms. The predicted octanol–water partition coefficient (Wildman–Crippen LogP) is 1.52. The van der Waals surface area contributed by atoms with Crippen molar-refractivity contribution in [2.24, 2.45) is 4.99 Å². The molecular formula is C17H19N4O+. The lowest BCUT2D eigenvalue weighted by Gasteiger charge is -2.29. The summed E-state index contributed by atoms with van der Waals surface area (Å²) in [6, 6.07) is 11.6. The maximum atomic E-state index is 12.1. The molecular weight excluding hydrogens is 276 g/mol. The number of rotatable bonds is 1. The molecule has 1 aromatic heterocycles. The Morgan fingerprint density at radius 2 is 2.05 bits per heavy atom. The molecule has 1 aliphatic heterocycles. The zero-order chi connectivity index (χ0) is 15.6. The first kappa shape index (κ1) is 14.3. The first-order valence-electron chi connectivity index (χ1n) is 7.26. The van der Waals surface area contributed by atoms with Crippen molar-refractivity contribution in [2.45, 2.75) is 25.8 Å². The van der Waals surface area contributed by atoms with Gasteiger partial charge in [0.25, 0.3) is 5.91 Å². The number of hydrazine groups is 1. The van der Waals surface area contributed by atoms with Gasteiger partial charge in [-0.3, -0.25) is 20.6 Å². The van der Waals surface area contributed by atoms with E-state index in [9.17, 15) is 4.79 Å². The van der Waals surface area contributed by atoms with Gasteiger partial charge in [0.15, 0.2) is 12.4 Å². The third kappa shape index (κ3) is 2.98. The molecule has 2 heterocycles. The lowest BCUT2D eigenvalue weighted by Crippen LogP contribution is -2.45. The van der Waals surface area contributed by atoms with E-state index < -0.39 is 0 Å². The number of nitrogens with zero attached hydrogens (tertiary/aromatic N) is 1. The molecule has 0 saturated carbocycles. The van der Waals surface area contributed by atoms with E-state index in [4.69, 9.17) is 4.99 Å². The number of pyridine rings is 1. The SMILES string of the molecule is CC1(C)Cc2ccccc2C(NNC(=O)c2ccc[nH+]c2)=N1. The first-order chi connectivity index (χ1) is 10.6. The maximum absolute atomic E-state index is 12.1. The topological polar surface area (TPSA) is 67.6 Å². The Hall–Kier alpha value is -2.69. The Bertz CT molecular complexity index is 722. The molecule has 5 nitrogen and oxygen atoms in total. The standard InChI is InChI=1S/C17H18N4O/c1-17(2)10-12-6-3-4-8-14(12)15(19-17)20-21-16(22)13-7-5-9-18-11-13/h3-9,11H,10H2,1-2H3,(H,19,20)(H,21,22)/p+1. The van der Waals surface area contributed by atoms with Gasteiger partial charge in [0.05, 0.1) is 5.54 Å². The molecule has 3 N–H and O–H groups in total. The van der Waals surface area contributed by atoms with Gasteiger partial charge in [-0.1, -0.05) is 24.3 Å². The molecule has 0 aliphatic carbocycles. The lowest BCUT2D eigenvalue weighted by atomic mass is 9.89. The number of hydrogen-bond donors (Lipinski definition) is 2. The third-order valence-electron chi connectivity index (χ3n) is 3.57. The minimum atomic E-state index is -0.208. The number of fused-ring (bicyclic) bond motifs is 1. The normalized spacial score (nSPS) is 15.5. The number of amides is 1. The summed E-state index contributed by atoms with van der Waals surface area (Å²) in [7, 11) is 0. The van der Waals surface area contributed by atoms with E-state index in [1.54, 1.807) is 24.5 Å². The van der Waals surface area contributed by atoms with E-state index in [1.165, 1.54) is 5.56 Å². The molecule has 0 radical (unpaired) electrons. The molecule has 1 aliphatic rings. The molecule has 0 bridgehead atoms. The monoisotopic (exact) mass is 295 g/mol. The second kappa shape index (κ2) is 5.60. The van der Waals surface area contributed by atoms with Crippen LogP contribution in [0.4, 0.5) is 0 Å². The molecule has 2 aromatic rings. The number of H-pyrrole nitrogens is 1. The Balaban J connectivity index is 1.79. The number of hydrogen-bond acceptors (Lipinski definition) is 3. The molecule has 3 rings (SSSR count). The van der Waals surface area contributed by atoms with Crippen molar-refractivity contribution >= 4 is 11.7 Å². The summed E-state index contributed by atoms with van der Waals surface area (Å²) in [6.07, 6.45) is 4.29. The number of benzene rings is 1. The zero-order valence-electron chi connectivity index (χ0n) is 12.7. The Labute approximate surface area is 129 Å². The van der Waals surface area contributed by atoms with Crippen LogP contribution in [0.3, 0.4) is 0 Å². The molecule has 112 valence electrons. The smallest absolute Gasteiger partial charge is 0.275 e. The Morgan fingerprint density at radius 3 is 2.82 bits per heavy atom. The molecule has 22 heavy (non-hydrogen) atoms. The summed E-state index contributed by atoms with van der Waals surface area (Å²) in [5.41, 5.74) is 8.30. The molecule has 0 saturated heterocycles. The van der Waals surface area contributed by atoms with Crippen molar-refractivity contribution in [1.82, 2.24) is 10.9 Å². The molecule has 0 fully saturated rings. The molecule has 1 aromatic carbocycles. The van der Waals surface area contributed by atoms with Crippen LogP contribution in [0.25, 0.3) is 0 Å². The minimum absolute atomic E-state index is 0.193. The molecule has 0 atom stereocenters. The quantitative estimate of drug-likeness (QED) is 0.783. The van der Waals surface area contributed by atoms with Gasteiger partial charge in [0.1, 0.15) is 11.4 Å². The van der Waals surface area contributed by atoms with Gasteiger partial charge in [-0.05, 0) is 31.9 Å². The fraction of sp³-hybridized carbons (Fsp3) is 0.235. The Morgan fingerprint density at radius 1 is 1.23 bits per heavy atom. The van der Waals surface area contributed by atoms with E-state index in [0.29, 0.717) is 11.4 Å². The number of amidine groups is 1. The maximum Gasteiger partial charge on any atom is 0.275 e. The second-order valence-corrected chi connectivity index (χ2v) is 5.98. The Kier molecular flexibility index (Phi) is 3.63. The van der Waals surface area contributed by atoms with Gasteiger partial charge in [-0.25, -0.2) is 4.98 Å². The molecule has 0 spiro atoms. The highest BCUT2D eigenvalue weighted by atomic mass is 16.2. The van der Waals surface area contributed by atoms with Crippen LogP contribution >= 0.6 is 0 Å². The number of aliphatic imine (C=N–C) groups is 1. The van der Waals surface area contributed by atoms with Gasteiger partial charge in [0, 0.05) is 11.6 Å². The summed E-state index contributed by atoms with van der Waals surface area (Å²) in [5.74, 6) is 0.487. The van der Waals surface area contributed by atoms with Crippen LogP contribution in [0.5, 0.6) is 0 Å². The van der Waals surface area contributed by atoms with Gasteiger partial charge in [0.2, 0.25) is 0 Å². The largest absolute Gasteiger partial charge is 0.281 e. The highest BCUT2D eigenvalue weighted by Gasteiger charge is 2.26. The summed E-state index contributed by atoms with van der Waals surface area (Å²) in [5, 5.41) is 0. The van der Waals surface area contributed by atoms with E-state index in [0.717, 1.165) is 12.0 Å².